The van der Waals surface area contributed by atoms with Gasteiger partial charge in [-0.1, -0.05) is 243 Å². The lowest BCUT2D eigenvalue weighted by atomic mass is 10.2. The quantitative estimate of drug-likeness (QED) is 0.0860. The molecule has 6 heteroatoms. The first-order chi connectivity index (χ1) is 27.8. The van der Waals surface area contributed by atoms with E-state index in [0.29, 0.717) is 5.62 Å². The van der Waals surface area contributed by atoms with Gasteiger partial charge in [-0.2, -0.15) is 0 Å². The second kappa shape index (κ2) is 18.1. The summed E-state index contributed by atoms with van der Waals surface area (Å²) in [5, 5.41) is 10.3. The highest BCUT2D eigenvalue weighted by Gasteiger charge is 2.43. The summed E-state index contributed by atoms with van der Waals surface area (Å²) < 4.78 is 6.52. The van der Waals surface area contributed by atoms with Crippen molar-refractivity contribution < 1.29 is 0 Å². The number of rotatable bonds is 12. The molecular formula is C50H42ClNP4. The molecule has 8 aromatic rings. The summed E-state index contributed by atoms with van der Waals surface area (Å²) in [6.45, 7) is -5.45. The van der Waals surface area contributed by atoms with E-state index in [1.165, 1.54) is 47.7 Å². The summed E-state index contributed by atoms with van der Waals surface area (Å²) in [6, 6.07) is 89.0. The highest BCUT2D eigenvalue weighted by Crippen LogP contribution is 2.82. The third-order valence-corrected chi connectivity index (χ3v) is 29.6. The van der Waals surface area contributed by atoms with Crippen molar-refractivity contribution in [3.8, 4) is 0 Å². The van der Waals surface area contributed by atoms with Crippen molar-refractivity contribution in [2.45, 2.75) is 0 Å². The Morgan fingerprint density at radius 1 is 0.375 bits per heavy atom. The molecule has 0 aliphatic heterocycles. The molecule has 0 spiro atoms. The zero-order valence-corrected chi connectivity index (χ0v) is 35.2. The molecule has 1 nitrogen and oxygen atoms in total. The van der Waals surface area contributed by atoms with E-state index in [9.17, 15) is 0 Å². The normalized spacial score (nSPS) is 12.2. The molecule has 0 aromatic heterocycles. The maximum atomic E-state index is 7.84. The first-order valence-electron chi connectivity index (χ1n) is 18.7. The van der Waals surface area contributed by atoms with Crippen molar-refractivity contribution in [2.24, 2.45) is 4.52 Å². The van der Waals surface area contributed by atoms with Crippen molar-refractivity contribution >= 4 is 83.1 Å². The topological polar surface area (TPSA) is 12.4 Å². The Labute approximate surface area is 339 Å². The third-order valence-electron chi connectivity index (χ3n) is 9.94. The molecule has 0 aliphatic carbocycles. The minimum atomic E-state index is -2.80. The molecule has 0 N–H and O–H groups in total. The lowest BCUT2D eigenvalue weighted by Crippen LogP contribution is -2.31. The molecule has 274 valence electrons. The zero-order chi connectivity index (χ0) is 38.0. The molecule has 56 heavy (non-hydrogen) atoms. The van der Waals surface area contributed by atoms with Crippen LogP contribution >= 0.6 is 40.9 Å². The third kappa shape index (κ3) is 7.49. The number of hydrogen-bond donors (Lipinski definition) is 0. The van der Waals surface area contributed by atoms with Crippen LogP contribution in [0.15, 0.2) is 247 Å². The van der Waals surface area contributed by atoms with Crippen LogP contribution in [0.3, 0.4) is 0 Å². The number of alkyl halides is 1. The summed E-state index contributed by atoms with van der Waals surface area (Å²) in [6.07, 6.45) is 0. The molecule has 0 aliphatic rings. The average Bonchev–Trinajstić information content (AvgIpc) is 3.30. The number of benzene rings is 8. The molecule has 0 fully saturated rings. The summed E-state index contributed by atoms with van der Waals surface area (Å²) in [4.78, 5) is 0. The molecule has 0 saturated heterocycles. The first kappa shape index (κ1) is 38.3. The minimum Gasteiger partial charge on any atom is -0.257 e. The van der Waals surface area contributed by atoms with Gasteiger partial charge in [-0.25, -0.2) is 0 Å². The van der Waals surface area contributed by atoms with E-state index in [-0.39, 0.29) is 0 Å². The average molecular weight is 816 g/mol. The van der Waals surface area contributed by atoms with Crippen LogP contribution in [0, 0.1) is 0 Å². The van der Waals surface area contributed by atoms with E-state index >= 15 is 0 Å². The molecule has 8 aromatic carbocycles. The van der Waals surface area contributed by atoms with Crippen LogP contribution in [0.5, 0.6) is 0 Å². The largest absolute Gasteiger partial charge is 0.257 e. The van der Waals surface area contributed by atoms with Crippen LogP contribution in [-0.2, 0) is 0 Å². The second-order valence-electron chi connectivity index (χ2n) is 13.2. The van der Waals surface area contributed by atoms with Gasteiger partial charge in [0, 0.05) is 26.3 Å². The van der Waals surface area contributed by atoms with Crippen molar-refractivity contribution in [1.29, 1.82) is 0 Å². The van der Waals surface area contributed by atoms with Gasteiger partial charge in [-0.3, -0.25) is 4.52 Å². The first-order valence-corrected chi connectivity index (χ1v) is 26.3. The van der Waals surface area contributed by atoms with Gasteiger partial charge < -0.3 is 0 Å². The van der Waals surface area contributed by atoms with Gasteiger partial charge in [0.25, 0.3) is 0 Å². The van der Waals surface area contributed by atoms with E-state index in [4.69, 9.17) is 16.1 Å². The second-order valence-corrected chi connectivity index (χ2v) is 26.9. The summed E-state index contributed by atoms with van der Waals surface area (Å²) in [5.74, 6) is 0. The molecule has 1 unspecified atom stereocenters. The molecule has 0 heterocycles. The van der Waals surface area contributed by atoms with E-state index in [2.05, 4.69) is 243 Å². The molecular weight excluding hydrogens is 774 g/mol. The fraction of sp³-hybridized carbons (Fsp3) is 0.0200. The predicted molar refractivity (Wildman–Crippen MR) is 254 cm³/mol. The van der Waals surface area contributed by atoms with Crippen LogP contribution < -0.4 is 37.1 Å². The van der Waals surface area contributed by atoms with Crippen LogP contribution in [0.25, 0.3) is 0 Å². The van der Waals surface area contributed by atoms with Gasteiger partial charge in [0.1, 0.15) is 0 Å². The monoisotopic (exact) mass is 815 g/mol. The Balaban J connectivity index is 1.66. The van der Waals surface area contributed by atoms with Crippen molar-refractivity contribution in [1.82, 2.24) is 0 Å². The van der Waals surface area contributed by atoms with E-state index in [1.807, 2.05) is 0 Å². The minimum absolute atomic E-state index is 0.432. The van der Waals surface area contributed by atoms with Crippen LogP contribution in [-0.4, -0.2) is 10.7 Å². The van der Waals surface area contributed by atoms with Gasteiger partial charge in [0.2, 0.25) is 0 Å². The van der Waals surface area contributed by atoms with Crippen molar-refractivity contribution in [3.63, 3.8) is 0 Å². The van der Waals surface area contributed by atoms with Gasteiger partial charge in [0.15, 0.2) is 0 Å². The number of nitrogens with zero attached hydrogens (tertiary/aromatic N) is 1. The van der Waals surface area contributed by atoms with Crippen LogP contribution in [0.1, 0.15) is 5.56 Å². The Hall–Kier alpha value is -4.56. The maximum absolute atomic E-state index is 7.84. The highest BCUT2D eigenvalue weighted by atomic mass is 35.5. The fourth-order valence-electron chi connectivity index (χ4n) is 7.51. The van der Waals surface area contributed by atoms with Gasteiger partial charge in [0.05, 0.1) is 20.4 Å². The van der Waals surface area contributed by atoms with Gasteiger partial charge >= 0.3 is 0 Å². The molecule has 0 radical (unpaired) electrons. The highest BCUT2D eigenvalue weighted by molar-refractivity contribution is 8.49. The predicted octanol–water partition coefficient (Wildman–Crippen LogP) is 11.7. The molecule has 1 atom stereocenters. The van der Waals surface area contributed by atoms with Crippen molar-refractivity contribution in [3.05, 3.63) is 248 Å². The Kier molecular flexibility index (Phi) is 12.4. The van der Waals surface area contributed by atoms with E-state index < -0.39 is 29.3 Å². The van der Waals surface area contributed by atoms with Crippen LogP contribution in [0.4, 0.5) is 0 Å². The Morgan fingerprint density at radius 2 is 0.661 bits per heavy atom. The number of hydrogen-bond acceptors (Lipinski definition) is 1. The standard InChI is InChI=1S/C50H42ClNP4/c51-41-53(50(42-25-9-1-10-26-42)55(45-31-15-4-16-32-45,46-33-17-5-18-34-46)47-35-19-6-20-36-47)56(48-37-21-7-22-38-48,49-39-23-8-24-40-49)52-54(43-27-11-2-12-28-43)44-29-13-3-14-30-44/h1-40H,41H2. The SMILES string of the molecule is ClCP(C(c1ccccc1)=P(c1ccccc1)(c1ccccc1)c1ccccc1)P(=NP(c1ccccc1)c1ccccc1)(c1ccccc1)c1ccccc1. The van der Waals surface area contributed by atoms with Crippen LogP contribution in [0.2, 0.25) is 0 Å². The molecule has 0 amide bonds. The van der Waals surface area contributed by atoms with Gasteiger partial charge in [-0.05, 0) is 36.0 Å². The smallest absolute Gasteiger partial charge is 0.0775 e. The lowest BCUT2D eigenvalue weighted by molar-refractivity contribution is 1.68. The van der Waals surface area contributed by atoms with E-state index in [0.717, 1.165) is 0 Å². The maximum Gasteiger partial charge on any atom is 0.0775 e. The zero-order valence-electron chi connectivity index (χ0n) is 30.9. The summed E-state index contributed by atoms with van der Waals surface area (Å²) in [7, 11) is -2.46. The number of halogens is 1. The molecule has 0 saturated carbocycles. The molecule has 8 rings (SSSR count). The fourth-order valence-corrected chi connectivity index (χ4v) is 31.5. The lowest BCUT2D eigenvalue weighted by Gasteiger charge is -2.42. The van der Waals surface area contributed by atoms with E-state index in [1.54, 1.807) is 0 Å². The molecule has 0 bridgehead atoms. The van der Waals surface area contributed by atoms with Gasteiger partial charge in [-0.15, -0.1) is 11.6 Å². The Bertz CT molecular complexity index is 2370. The summed E-state index contributed by atoms with van der Waals surface area (Å²) >= 11 is 7.84. The summed E-state index contributed by atoms with van der Waals surface area (Å²) in [5.41, 5.74) is 1.65. The Morgan fingerprint density at radius 3 is 0.982 bits per heavy atom. The van der Waals surface area contributed by atoms with Crippen molar-refractivity contribution in [2.75, 3.05) is 5.62 Å².